The third kappa shape index (κ3) is 3.94. The highest BCUT2D eigenvalue weighted by Gasteiger charge is 2.76. The molecular formula is C14H13F7O2. The predicted octanol–water partition coefficient (Wildman–Crippen LogP) is 4.88. The molecule has 9 heteroatoms. The molecule has 0 N–H and O–H groups in total. The highest BCUT2D eigenvalue weighted by Crippen LogP contribution is 2.47. The number of Topliss-reactive ketones (excluding diaryl/α,β-unsaturated/α-hetero) is 1. The van der Waals surface area contributed by atoms with Crippen molar-refractivity contribution in [2.24, 2.45) is 0 Å². The first-order valence-corrected chi connectivity index (χ1v) is 6.55. The van der Waals surface area contributed by atoms with Gasteiger partial charge in [0.1, 0.15) is 5.75 Å². The Labute approximate surface area is 127 Å². The van der Waals surface area contributed by atoms with Gasteiger partial charge < -0.3 is 4.74 Å². The van der Waals surface area contributed by atoms with Gasteiger partial charge in [0, 0.05) is 5.56 Å². The SMILES string of the molecule is CCCCOc1ccc(C(=O)C(F)(F)C(F)(F)C(F)(F)F)cc1. The fourth-order valence-corrected chi connectivity index (χ4v) is 1.54. The molecule has 0 radical (unpaired) electrons. The number of hydrogen-bond acceptors (Lipinski definition) is 2. The van der Waals surface area contributed by atoms with Crippen molar-refractivity contribution in [3.8, 4) is 5.75 Å². The number of unbranched alkanes of at least 4 members (excludes halogenated alkanes) is 1. The molecular weight excluding hydrogens is 333 g/mol. The van der Waals surface area contributed by atoms with Crippen LogP contribution in [0, 0.1) is 0 Å². The van der Waals surface area contributed by atoms with Gasteiger partial charge in [-0.05, 0) is 30.7 Å². The predicted molar refractivity (Wildman–Crippen MR) is 67.1 cm³/mol. The number of carbonyl (C=O) groups is 1. The summed E-state index contributed by atoms with van der Waals surface area (Å²) in [5.74, 6) is -14.8. The molecule has 1 aromatic rings. The fraction of sp³-hybridized carbons (Fsp3) is 0.500. The van der Waals surface area contributed by atoms with E-state index in [-0.39, 0.29) is 5.75 Å². The highest BCUT2D eigenvalue weighted by molar-refractivity contribution is 6.02. The lowest BCUT2D eigenvalue weighted by atomic mass is 10.00. The van der Waals surface area contributed by atoms with Gasteiger partial charge in [0.2, 0.25) is 5.78 Å². The average molecular weight is 346 g/mol. The standard InChI is InChI=1S/C14H13F7O2/c1-2-3-8-23-10-6-4-9(5-7-10)11(22)12(15,16)13(17,18)14(19,20)21/h4-7H,2-3,8H2,1H3. The summed E-state index contributed by atoms with van der Waals surface area (Å²) in [6.07, 6.45) is -5.01. The van der Waals surface area contributed by atoms with Crippen molar-refractivity contribution < 1.29 is 40.3 Å². The van der Waals surface area contributed by atoms with Gasteiger partial charge in [0.15, 0.2) is 0 Å². The molecule has 130 valence electrons. The summed E-state index contributed by atoms with van der Waals surface area (Å²) in [5, 5.41) is 0. The zero-order valence-electron chi connectivity index (χ0n) is 11.9. The van der Waals surface area contributed by atoms with Crippen LogP contribution in [0.25, 0.3) is 0 Å². The summed E-state index contributed by atoms with van der Waals surface area (Å²) >= 11 is 0. The quantitative estimate of drug-likeness (QED) is 0.400. The number of carbonyl (C=O) groups excluding carboxylic acids is 1. The Kier molecular flexibility index (Phi) is 5.65. The Balaban J connectivity index is 2.96. The maximum Gasteiger partial charge on any atom is 0.460 e. The van der Waals surface area contributed by atoms with Gasteiger partial charge >= 0.3 is 18.0 Å². The van der Waals surface area contributed by atoms with Gasteiger partial charge in [-0.2, -0.15) is 30.7 Å². The van der Waals surface area contributed by atoms with Gasteiger partial charge in [-0.25, -0.2) is 0 Å². The number of rotatable bonds is 7. The minimum Gasteiger partial charge on any atom is -0.494 e. The molecule has 0 saturated heterocycles. The molecule has 0 spiro atoms. The fourth-order valence-electron chi connectivity index (χ4n) is 1.54. The molecule has 1 rings (SSSR count). The van der Waals surface area contributed by atoms with Crippen LogP contribution in [-0.2, 0) is 0 Å². The number of ketones is 1. The van der Waals surface area contributed by atoms with E-state index in [4.69, 9.17) is 4.74 Å². The second-order valence-electron chi connectivity index (χ2n) is 4.70. The van der Waals surface area contributed by atoms with E-state index in [1.54, 1.807) is 0 Å². The normalized spacial score (nSPS) is 13.0. The van der Waals surface area contributed by atoms with Crippen LogP contribution in [0.5, 0.6) is 5.75 Å². The van der Waals surface area contributed by atoms with Crippen LogP contribution in [0.4, 0.5) is 30.7 Å². The van der Waals surface area contributed by atoms with Crippen LogP contribution in [0.2, 0.25) is 0 Å². The minimum absolute atomic E-state index is 0.181. The summed E-state index contributed by atoms with van der Waals surface area (Å²) in [6.45, 7) is 2.21. The van der Waals surface area contributed by atoms with Gasteiger partial charge in [-0.3, -0.25) is 4.79 Å². The van der Waals surface area contributed by atoms with Crippen molar-refractivity contribution >= 4 is 5.78 Å². The van der Waals surface area contributed by atoms with E-state index < -0.39 is 29.4 Å². The molecule has 1 aromatic carbocycles. The maximum atomic E-state index is 13.3. The van der Waals surface area contributed by atoms with E-state index in [1.165, 1.54) is 0 Å². The van der Waals surface area contributed by atoms with Crippen LogP contribution in [-0.4, -0.2) is 30.4 Å². The Morgan fingerprint density at radius 3 is 1.96 bits per heavy atom. The van der Waals surface area contributed by atoms with Crippen molar-refractivity contribution in [1.82, 2.24) is 0 Å². The summed E-state index contributed by atoms with van der Waals surface area (Å²) < 4.78 is 93.4. The van der Waals surface area contributed by atoms with Gasteiger partial charge in [-0.15, -0.1) is 0 Å². The molecule has 2 nitrogen and oxygen atoms in total. The first-order chi connectivity index (χ1) is 10.4. The van der Waals surface area contributed by atoms with Crippen molar-refractivity contribution in [3.05, 3.63) is 29.8 Å². The van der Waals surface area contributed by atoms with E-state index in [0.717, 1.165) is 18.6 Å². The topological polar surface area (TPSA) is 26.3 Å². The zero-order chi connectivity index (χ0) is 17.9. The maximum absolute atomic E-state index is 13.3. The first kappa shape index (κ1) is 19.2. The second-order valence-corrected chi connectivity index (χ2v) is 4.70. The summed E-state index contributed by atoms with van der Waals surface area (Å²) in [6, 6.07) is 3.52. The van der Waals surface area contributed by atoms with Crippen molar-refractivity contribution in [1.29, 1.82) is 0 Å². The van der Waals surface area contributed by atoms with E-state index in [1.807, 2.05) is 6.92 Å². The second kappa shape index (κ2) is 6.76. The third-order valence-electron chi connectivity index (χ3n) is 2.92. The molecule has 0 heterocycles. The van der Waals surface area contributed by atoms with Crippen molar-refractivity contribution in [3.63, 3.8) is 0 Å². The molecule has 23 heavy (non-hydrogen) atoms. The Hall–Kier alpha value is -1.80. The molecule has 0 aliphatic heterocycles. The monoisotopic (exact) mass is 346 g/mol. The van der Waals surface area contributed by atoms with Crippen molar-refractivity contribution in [2.75, 3.05) is 6.61 Å². The van der Waals surface area contributed by atoms with Crippen LogP contribution in [0.15, 0.2) is 24.3 Å². The minimum atomic E-state index is -6.55. The largest absolute Gasteiger partial charge is 0.494 e. The number of alkyl halides is 7. The zero-order valence-corrected chi connectivity index (χ0v) is 11.9. The average Bonchev–Trinajstić information content (AvgIpc) is 2.46. The number of benzene rings is 1. The Bertz CT molecular complexity index is 535. The van der Waals surface area contributed by atoms with Gasteiger partial charge in [0.25, 0.3) is 0 Å². The molecule has 0 aliphatic carbocycles. The lowest BCUT2D eigenvalue weighted by Gasteiger charge is -2.27. The lowest BCUT2D eigenvalue weighted by Crippen LogP contribution is -2.56. The Morgan fingerprint density at radius 1 is 1.00 bits per heavy atom. The molecule has 0 amide bonds. The van der Waals surface area contributed by atoms with Gasteiger partial charge in [0.05, 0.1) is 6.61 Å². The summed E-state index contributed by atoms with van der Waals surface area (Å²) in [7, 11) is 0. The molecule has 0 atom stereocenters. The molecule has 0 bridgehead atoms. The van der Waals surface area contributed by atoms with Gasteiger partial charge in [-0.1, -0.05) is 13.3 Å². The van der Waals surface area contributed by atoms with Crippen LogP contribution < -0.4 is 4.74 Å². The molecule has 0 fully saturated rings. The number of ether oxygens (including phenoxy) is 1. The van der Waals surface area contributed by atoms with Crippen LogP contribution >= 0.6 is 0 Å². The van der Waals surface area contributed by atoms with E-state index >= 15 is 0 Å². The van der Waals surface area contributed by atoms with Crippen LogP contribution in [0.3, 0.4) is 0 Å². The summed E-state index contributed by atoms with van der Waals surface area (Å²) in [5.41, 5.74) is -0.971. The first-order valence-electron chi connectivity index (χ1n) is 6.55. The Morgan fingerprint density at radius 2 is 1.52 bits per heavy atom. The highest BCUT2D eigenvalue weighted by atomic mass is 19.4. The van der Waals surface area contributed by atoms with Crippen molar-refractivity contribution in [2.45, 2.75) is 37.8 Å². The molecule has 0 aromatic heterocycles. The molecule has 0 saturated carbocycles. The molecule has 0 unspecified atom stereocenters. The molecule has 0 aliphatic rings. The van der Waals surface area contributed by atoms with E-state index in [2.05, 4.69) is 0 Å². The van der Waals surface area contributed by atoms with Crippen LogP contribution in [0.1, 0.15) is 30.1 Å². The smallest absolute Gasteiger partial charge is 0.460 e. The van der Waals surface area contributed by atoms with E-state index in [0.29, 0.717) is 25.2 Å². The number of hydrogen-bond donors (Lipinski definition) is 0. The summed E-state index contributed by atoms with van der Waals surface area (Å²) in [4.78, 5) is 11.4. The number of halogens is 7. The van der Waals surface area contributed by atoms with E-state index in [9.17, 15) is 35.5 Å². The lowest BCUT2D eigenvalue weighted by molar-refractivity contribution is -0.339. The third-order valence-corrected chi connectivity index (χ3v) is 2.92.